The summed E-state index contributed by atoms with van der Waals surface area (Å²) in [6.07, 6.45) is 0. The highest BCUT2D eigenvalue weighted by Crippen LogP contribution is 2.28. The lowest BCUT2D eigenvalue weighted by Crippen LogP contribution is -2.44. The molecule has 2 heterocycles. The van der Waals surface area contributed by atoms with Crippen molar-refractivity contribution in [1.82, 2.24) is 10.3 Å². The molecule has 1 aromatic carbocycles. The third-order valence-corrected chi connectivity index (χ3v) is 3.75. The fourth-order valence-electron chi connectivity index (χ4n) is 2.61. The molecule has 0 aliphatic carbocycles. The van der Waals surface area contributed by atoms with Crippen molar-refractivity contribution in [3.8, 4) is 0 Å². The van der Waals surface area contributed by atoms with Crippen molar-refractivity contribution in [2.24, 2.45) is 0 Å². The summed E-state index contributed by atoms with van der Waals surface area (Å²) in [4.78, 5) is 7.33. The summed E-state index contributed by atoms with van der Waals surface area (Å²) < 4.78 is 0. The highest BCUT2D eigenvalue weighted by atomic mass is 15.2. The smallest absolute Gasteiger partial charge is 0.136 e. The molecule has 2 aromatic rings. The molecule has 0 spiro atoms. The molecule has 1 saturated heterocycles. The predicted octanol–water partition coefficient (Wildman–Crippen LogP) is 2.77. The van der Waals surface area contributed by atoms with Crippen LogP contribution in [-0.2, 0) is 0 Å². The standard InChI is InChI=1S/C16H21N3/c1-12(2)15-11-13-5-3-4-6-14(13)16(18-15)19-9-7-17-8-10-19/h3-6,11-12,17H,7-10H2,1-2H3. The fourth-order valence-corrected chi connectivity index (χ4v) is 2.61. The number of hydrogen-bond donors (Lipinski definition) is 1. The molecule has 3 nitrogen and oxygen atoms in total. The highest BCUT2D eigenvalue weighted by Gasteiger charge is 2.16. The van der Waals surface area contributed by atoms with Gasteiger partial charge in [0.2, 0.25) is 0 Å². The molecule has 1 fully saturated rings. The van der Waals surface area contributed by atoms with Crippen LogP contribution in [0.5, 0.6) is 0 Å². The zero-order chi connectivity index (χ0) is 13.2. The molecule has 0 unspecified atom stereocenters. The monoisotopic (exact) mass is 255 g/mol. The second-order valence-corrected chi connectivity index (χ2v) is 5.48. The normalized spacial score (nSPS) is 16.3. The number of aromatic nitrogens is 1. The highest BCUT2D eigenvalue weighted by molar-refractivity contribution is 5.92. The van der Waals surface area contributed by atoms with Crippen LogP contribution in [0.15, 0.2) is 30.3 Å². The van der Waals surface area contributed by atoms with E-state index in [1.165, 1.54) is 16.5 Å². The number of rotatable bonds is 2. The number of nitrogens with one attached hydrogen (secondary N) is 1. The van der Waals surface area contributed by atoms with E-state index in [2.05, 4.69) is 54.4 Å². The summed E-state index contributed by atoms with van der Waals surface area (Å²) in [7, 11) is 0. The third kappa shape index (κ3) is 2.43. The number of nitrogens with zero attached hydrogens (tertiary/aromatic N) is 2. The molecule has 0 amide bonds. The Labute approximate surface area is 114 Å². The zero-order valence-electron chi connectivity index (χ0n) is 11.7. The van der Waals surface area contributed by atoms with Crippen LogP contribution in [0.25, 0.3) is 10.8 Å². The molecular weight excluding hydrogens is 234 g/mol. The Morgan fingerprint density at radius 3 is 2.63 bits per heavy atom. The van der Waals surface area contributed by atoms with Gasteiger partial charge in [0.15, 0.2) is 0 Å². The number of pyridine rings is 1. The number of benzene rings is 1. The van der Waals surface area contributed by atoms with Crippen molar-refractivity contribution < 1.29 is 0 Å². The summed E-state index contributed by atoms with van der Waals surface area (Å²) in [5.74, 6) is 1.62. The zero-order valence-corrected chi connectivity index (χ0v) is 11.7. The number of anilines is 1. The Balaban J connectivity index is 2.14. The third-order valence-electron chi connectivity index (χ3n) is 3.75. The average Bonchev–Trinajstić information content (AvgIpc) is 2.47. The summed E-state index contributed by atoms with van der Waals surface area (Å²) in [5, 5.41) is 5.97. The van der Waals surface area contributed by atoms with E-state index in [1.807, 2.05) is 0 Å². The number of piperazine rings is 1. The van der Waals surface area contributed by atoms with E-state index in [1.54, 1.807) is 0 Å². The van der Waals surface area contributed by atoms with Gasteiger partial charge >= 0.3 is 0 Å². The molecule has 100 valence electrons. The van der Waals surface area contributed by atoms with Gasteiger partial charge in [0.05, 0.1) is 0 Å². The Kier molecular flexibility index (Phi) is 3.38. The van der Waals surface area contributed by atoms with Crippen LogP contribution >= 0.6 is 0 Å². The molecule has 1 aromatic heterocycles. The maximum Gasteiger partial charge on any atom is 0.136 e. The van der Waals surface area contributed by atoms with Crippen molar-refractivity contribution in [2.75, 3.05) is 31.1 Å². The van der Waals surface area contributed by atoms with Gasteiger partial charge in [-0.05, 0) is 17.4 Å². The molecule has 1 aliphatic rings. The summed E-state index contributed by atoms with van der Waals surface area (Å²) >= 11 is 0. The van der Waals surface area contributed by atoms with Crippen LogP contribution in [0, 0.1) is 0 Å². The van der Waals surface area contributed by atoms with Gasteiger partial charge in [-0.15, -0.1) is 0 Å². The largest absolute Gasteiger partial charge is 0.354 e. The summed E-state index contributed by atoms with van der Waals surface area (Å²) in [5.41, 5.74) is 1.19. The van der Waals surface area contributed by atoms with Crippen LogP contribution in [0.3, 0.4) is 0 Å². The Morgan fingerprint density at radius 2 is 1.89 bits per heavy atom. The van der Waals surface area contributed by atoms with Crippen LogP contribution < -0.4 is 10.2 Å². The summed E-state index contributed by atoms with van der Waals surface area (Å²) in [6.45, 7) is 8.58. The lowest BCUT2D eigenvalue weighted by atomic mass is 10.0. The molecule has 3 heteroatoms. The van der Waals surface area contributed by atoms with Crippen LogP contribution in [-0.4, -0.2) is 31.2 Å². The van der Waals surface area contributed by atoms with E-state index in [9.17, 15) is 0 Å². The van der Waals surface area contributed by atoms with Gasteiger partial charge in [-0.25, -0.2) is 4.98 Å². The van der Waals surface area contributed by atoms with Gasteiger partial charge in [-0.1, -0.05) is 38.1 Å². The van der Waals surface area contributed by atoms with Gasteiger partial charge in [-0.2, -0.15) is 0 Å². The molecule has 3 rings (SSSR count). The molecule has 0 radical (unpaired) electrons. The Morgan fingerprint density at radius 1 is 1.16 bits per heavy atom. The van der Waals surface area contributed by atoms with Crippen molar-refractivity contribution in [3.05, 3.63) is 36.0 Å². The van der Waals surface area contributed by atoms with E-state index in [0.717, 1.165) is 32.0 Å². The predicted molar refractivity (Wildman–Crippen MR) is 80.9 cm³/mol. The maximum atomic E-state index is 4.92. The fraction of sp³-hybridized carbons (Fsp3) is 0.438. The van der Waals surface area contributed by atoms with E-state index >= 15 is 0 Å². The van der Waals surface area contributed by atoms with Gasteiger partial charge in [0, 0.05) is 37.3 Å². The van der Waals surface area contributed by atoms with Crippen molar-refractivity contribution in [2.45, 2.75) is 19.8 Å². The topological polar surface area (TPSA) is 28.2 Å². The molecule has 1 aliphatic heterocycles. The lowest BCUT2D eigenvalue weighted by molar-refractivity contribution is 0.585. The first kappa shape index (κ1) is 12.4. The van der Waals surface area contributed by atoms with Crippen molar-refractivity contribution in [1.29, 1.82) is 0 Å². The Hall–Kier alpha value is -1.61. The molecule has 0 atom stereocenters. The molecule has 0 saturated carbocycles. The number of fused-ring (bicyclic) bond motifs is 1. The van der Waals surface area contributed by atoms with E-state index in [0.29, 0.717) is 5.92 Å². The van der Waals surface area contributed by atoms with Gasteiger partial charge in [0.25, 0.3) is 0 Å². The maximum absolute atomic E-state index is 4.92. The minimum Gasteiger partial charge on any atom is -0.354 e. The first-order valence-corrected chi connectivity index (χ1v) is 7.11. The van der Waals surface area contributed by atoms with Crippen molar-refractivity contribution >= 4 is 16.6 Å². The van der Waals surface area contributed by atoms with E-state index in [-0.39, 0.29) is 0 Å². The van der Waals surface area contributed by atoms with E-state index < -0.39 is 0 Å². The quantitative estimate of drug-likeness (QED) is 0.894. The lowest BCUT2D eigenvalue weighted by Gasteiger charge is -2.30. The SMILES string of the molecule is CC(C)c1cc2ccccc2c(N2CCNCC2)n1. The minimum atomic E-state index is 0.464. The van der Waals surface area contributed by atoms with Gasteiger partial charge in [0.1, 0.15) is 5.82 Å². The Bertz CT molecular complexity index is 571. The average molecular weight is 255 g/mol. The van der Waals surface area contributed by atoms with Crippen LogP contribution in [0.4, 0.5) is 5.82 Å². The van der Waals surface area contributed by atoms with E-state index in [4.69, 9.17) is 4.98 Å². The van der Waals surface area contributed by atoms with Crippen LogP contribution in [0.2, 0.25) is 0 Å². The van der Waals surface area contributed by atoms with Crippen molar-refractivity contribution in [3.63, 3.8) is 0 Å². The molecular formula is C16H21N3. The summed E-state index contributed by atoms with van der Waals surface area (Å²) in [6, 6.07) is 10.8. The molecule has 1 N–H and O–H groups in total. The molecule has 0 bridgehead atoms. The second kappa shape index (κ2) is 5.17. The number of hydrogen-bond acceptors (Lipinski definition) is 3. The van der Waals surface area contributed by atoms with Crippen LogP contribution in [0.1, 0.15) is 25.5 Å². The first-order chi connectivity index (χ1) is 9.25. The van der Waals surface area contributed by atoms with Gasteiger partial charge < -0.3 is 10.2 Å². The first-order valence-electron chi connectivity index (χ1n) is 7.11. The molecule has 19 heavy (non-hydrogen) atoms. The minimum absolute atomic E-state index is 0.464. The van der Waals surface area contributed by atoms with Gasteiger partial charge in [-0.3, -0.25) is 0 Å². The second-order valence-electron chi connectivity index (χ2n) is 5.48.